The van der Waals surface area contributed by atoms with E-state index in [0.29, 0.717) is 18.3 Å². The van der Waals surface area contributed by atoms with Crippen molar-refractivity contribution in [3.05, 3.63) is 30.2 Å². The zero-order valence-corrected chi connectivity index (χ0v) is 15.6. The quantitative estimate of drug-likeness (QED) is 0.832. The summed E-state index contributed by atoms with van der Waals surface area (Å²) >= 11 is 0. The molecule has 142 valence electrons. The molecule has 0 N–H and O–H groups in total. The summed E-state index contributed by atoms with van der Waals surface area (Å²) < 4.78 is 5.04. The minimum absolute atomic E-state index is 0.00962. The molecule has 2 aliphatic heterocycles. The lowest BCUT2D eigenvalue weighted by atomic mass is 10.1. The highest BCUT2D eigenvalue weighted by Gasteiger charge is 2.37. The summed E-state index contributed by atoms with van der Waals surface area (Å²) in [6.45, 7) is 3.80. The number of amides is 2. The van der Waals surface area contributed by atoms with Crippen LogP contribution in [0.1, 0.15) is 38.0 Å². The number of aromatic nitrogens is 2. The fourth-order valence-electron chi connectivity index (χ4n) is 3.90. The van der Waals surface area contributed by atoms with Crippen LogP contribution in [0.15, 0.2) is 28.8 Å². The second kappa shape index (κ2) is 7.50. The average Bonchev–Trinajstić information content (AvgIpc) is 3.17. The SMILES string of the molecule is Cc1nc(-c2cccc(N3C[C@@H](C(=O)N4CCCCCC4)CC3=O)c2)no1. The molecular weight excluding hydrogens is 344 g/mol. The number of carbonyl (C=O) groups is 2. The molecule has 4 rings (SSSR count). The predicted molar refractivity (Wildman–Crippen MR) is 100.0 cm³/mol. The van der Waals surface area contributed by atoms with Gasteiger partial charge in [-0.05, 0) is 25.0 Å². The second-order valence-electron chi connectivity index (χ2n) is 7.33. The van der Waals surface area contributed by atoms with Crippen molar-refractivity contribution in [2.75, 3.05) is 24.5 Å². The van der Waals surface area contributed by atoms with Crippen LogP contribution in [-0.2, 0) is 9.59 Å². The minimum Gasteiger partial charge on any atom is -0.342 e. The molecule has 27 heavy (non-hydrogen) atoms. The monoisotopic (exact) mass is 368 g/mol. The third kappa shape index (κ3) is 3.72. The van der Waals surface area contributed by atoms with Gasteiger partial charge in [-0.1, -0.05) is 30.1 Å². The van der Waals surface area contributed by atoms with E-state index < -0.39 is 0 Å². The smallest absolute Gasteiger partial charge is 0.228 e. The lowest BCUT2D eigenvalue weighted by molar-refractivity contribution is -0.135. The molecule has 3 heterocycles. The van der Waals surface area contributed by atoms with Crippen LogP contribution in [0.2, 0.25) is 0 Å². The summed E-state index contributed by atoms with van der Waals surface area (Å²) in [5, 5.41) is 3.94. The third-order valence-electron chi connectivity index (χ3n) is 5.34. The van der Waals surface area contributed by atoms with Crippen LogP contribution in [0, 0.1) is 12.8 Å². The molecule has 0 unspecified atom stereocenters. The van der Waals surface area contributed by atoms with Gasteiger partial charge in [0, 0.05) is 44.2 Å². The number of benzene rings is 1. The van der Waals surface area contributed by atoms with Crippen molar-refractivity contribution in [3.63, 3.8) is 0 Å². The van der Waals surface area contributed by atoms with Crippen LogP contribution in [0.4, 0.5) is 5.69 Å². The molecule has 0 aliphatic carbocycles. The molecule has 2 saturated heterocycles. The zero-order chi connectivity index (χ0) is 18.8. The van der Waals surface area contributed by atoms with Crippen LogP contribution in [0.3, 0.4) is 0 Å². The van der Waals surface area contributed by atoms with Gasteiger partial charge in [0.05, 0.1) is 5.92 Å². The molecule has 2 aromatic rings. The molecule has 0 spiro atoms. The van der Waals surface area contributed by atoms with E-state index in [4.69, 9.17) is 4.52 Å². The number of hydrogen-bond donors (Lipinski definition) is 0. The molecule has 2 aliphatic rings. The largest absolute Gasteiger partial charge is 0.342 e. The molecule has 1 atom stereocenters. The minimum atomic E-state index is -0.258. The van der Waals surface area contributed by atoms with E-state index in [2.05, 4.69) is 10.1 Å². The maximum Gasteiger partial charge on any atom is 0.228 e. The Balaban J connectivity index is 1.50. The van der Waals surface area contributed by atoms with Crippen LogP contribution >= 0.6 is 0 Å². The number of nitrogens with zero attached hydrogens (tertiary/aromatic N) is 4. The standard InChI is InChI=1S/C20H24N4O3/c1-14-21-19(22-27-14)15-7-6-8-17(11-15)24-13-16(12-18(24)25)20(26)23-9-4-2-3-5-10-23/h6-8,11,16H,2-5,9-10,12-13H2,1H3/t16-/m0/s1. The first-order valence-corrected chi connectivity index (χ1v) is 9.62. The Morgan fingerprint density at radius 1 is 1.19 bits per heavy atom. The summed E-state index contributed by atoms with van der Waals surface area (Å²) in [6.07, 6.45) is 4.76. The van der Waals surface area contributed by atoms with Gasteiger partial charge in [0.2, 0.25) is 23.5 Å². The number of likely N-dealkylation sites (tertiary alicyclic amines) is 1. The van der Waals surface area contributed by atoms with Gasteiger partial charge in [-0.2, -0.15) is 4.98 Å². The number of aryl methyl sites for hydroxylation is 1. The molecule has 2 fully saturated rings. The Morgan fingerprint density at radius 2 is 1.96 bits per heavy atom. The Hall–Kier alpha value is -2.70. The summed E-state index contributed by atoms with van der Waals surface area (Å²) in [5.74, 6) is 0.850. The summed E-state index contributed by atoms with van der Waals surface area (Å²) in [7, 11) is 0. The highest BCUT2D eigenvalue weighted by Crippen LogP contribution is 2.29. The van der Waals surface area contributed by atoms with E-state index in [1.807, 2.05) is 29.2 Å². The van der Waals surface area contributed by atoms with Crippen LogP contribution in [0.5, 0.6) is 0 Å². The highest BCUT2D eigenvalue weighted by atomic mass is 16.5. The molecule has 0 saturated carbocycles. The van der Waals surface area contributed by atoms with Gasteiger partial charge in [0.25, 0.3) is 0 Å². The first-order chi connectivity index (χ1) is 13.1. The van der Waals surface area contributed by atoms with Gasteiger partial charge in [-0.3, -0.25) is 9.59 Å². The molecule has 7 nitrogen and oxygen atoms in total. The Morgan fingerprint density at radius 3 is 2.67 bits per heavy atom. The predicted octanol–water partition coefficient (Wildman–Crippen LogP) is 2.80. The van der Waals surface area contributed by atoms with E-state index in [1.54, 1.807) is 11.8 Å². The normalized spacial score (nSPS) is 20.8. The Bertz CT molecular complexity index is 839. The molecule has 0 bridgehead atoms. The van der Waals surface area contributed by atoms with Crippen LogP contribution < -0.4 is 4.90 Å². The topological polar surface area (TPSA) is 79.5 Å². The number of hydrogen-bond acceptors (Lipinski definition) is 5. The lowest BCUT2D eigenvalue weighted by Crippen LogP contribution is -2.38. The second-order valence-corrected chi connectivity index (χ2v) is 7.33. The van der Waals surface area contributed by atoms with Gasteiger partial charge in [-0.15, -0.1) is 0 Å². The summed E-state index contributed by atoms with van der Waals surface area (Å²) in [4.78, 5) is 33.4. The third-order valence-corrected chi connectivity index (χ3v) is 5.34. The Kier molecular flexibility index (Phi) is 4.92. The number of anilines is 1. The van der Waals surface area contributed by atoms with Crippen molar-refractivity contribution >= 4 is 17.5 Å². The zero-order valence-electron chi connectivity index (χ0n) is 15.6. The van der Waals surface area contributed by atoms with E-state index in [1.165, 1.54) is 12.8 Å². The molecular formula is C20H24N4O3. The van der Waals surface area contributed by atoms with Crippen molar-refractivity contribution in [2.24, 2.45) is 5.92 Å². The van der Waals surface area contributed by atoms with Gasteiger partial charge in [0.1, 0.15) is 0 Å². The molecule has 1 aromatic carbocycles. The van der Waals surface area contributed by atoms with Crippen LogP contribution in [0.25, 0.3) is 11.4 Å². The fourth-order valence-corrected chi connectivity index (χ4v) is 3.90. The molecule has 0 radical (unpaired) electrons. The van der Waals surface area contributed by atoms with Crippen LogP contribution in [-0.4, -0.2) is 46.5 Å². The maximum absolute atomic E-state index is 12.9. The van der Waals surface area contributed by atoms with Crippen molar-refractivity contribution in [3.8, 4) is 11.4 Å². The van der Waals surface area contributed by atoms with Gasteiger partial charge in [0.15, 0.2) is 0 Å². The maximum atomic E-state index is 12.9. The van der Waals surface area contributed by atoms with Gasteiger partial charge >= 0.3 is 0 Å². The number of carbonyl (C=O) groups excluding carboxylic acids is 2. The molecule has 1 aromatic heterocycles. The fraction of sp³-hybridized carbons (Fsp3) is 0.500. The van der Waals surface area contributed by atoms with E-state index in [0.717, 1.165) is 37.2 Å². The van der Waals surface area contributed by atoms with Gasteiger partial charge in [-0.25, -0.2) is 0 Å². The number of rotatable bonds is 3. The average molecular weight is 368 g/mol. The van der Waals surface area contributed by atoms with Crippen molar-refractivity contribution in [1.82, 2.24) is 15.0 Å². The van der Waals surface area contributed by atoms with Crippen molar-refractivity contribution < 1.29 is 14.1 Å². The first kappa shape index (κ1) is 17.7. The van der Waals surface area contributed by atoms with E-state index >= 15 is 0 Å². The van der Waals surface area contributed by atoms with Crippen molar-refractivity contribution in [1.29, 1.82) is 0 Å². The van der Waals surface area contributed by atoms with Gasteiger partial charge < -0.3 is 14.3 Å². The van der Waals surface area contributed by atoms with E-state index in [9.17, 15) is 9.59 Å². The highest BCUT2D eigenvalue weighted by molar-refractivity contribution is 6.00. The lowest BCUT2D eigenvalue weighted by Gasteiger charge is -2.24. The molecule has 2 amide bonds. The summed E-state index contributed by atoms with van der Waals surface area (Å²) in [6, 6.07) is 7.51. The van der Waals surface area contributed by atoms with Crippen molar-refractivity contribution in [2.45, 2.75) is 39.0 Å². The Labute approximate surface area is 158 Å². The summed E-state index contributed by atoms with van der Waals surface area (Å²) in [5.41, 5.74) is 1.56. The first-order valence-electron chi connectivity index (χ1n) is 9.62. The molecule has 7 heteroatoms. The van der Waals surface area contributed by atoms with E-state index in [-0.39, 0.29) is 24.2 Å².